The summed E-state index contributed by atoms with van der Waals surface area (Å²) in [7, 11) is 1.59. The van der Waals surface area contributed by atoms with E-state index in [0.29, 0.717) is 35.9 Å². The molecule has 2 amide bonds. The van der Waals surface area contributed by atoms with E-state index in [1.807, 2.05) is 48.5 Å². The summed E-state index contributed by atoms with van der Waals surface area (Å²) in [5.74, 6) is 0.896. The molecule has 0 aliphatic rings. The number of hydrogen-bond acceptors (Lipinski definition) is 4. The summed E-state index contributed by atoms with van der Waals surface area (Å²) in [4.78, 5) is 23.4. The van der Waals surface area contributed by atoms with Crippen molar-refractivity contribution in [3.8, 4) is 11.5 Å². The van der Waals surface area contributed by atoms with E-state index in [2.05, 4.69) is 10.6 Å². The van der Waals surface area contributed by atoms with Crippen molar-refractivity contribution in [2.75, 3.05) is 12.4 Å². The summed E-state index contributed by atoms with van der Waals surface area (Å²) in [6.45, 7) is 2.23. The summed E-state index contributed by atoms with van der Waals surface area (Å²) >= 11 is 0. The van der Waals surface area contributed by atoms with E-state index in [1.54, 1.807) is 31.4 Å². The van der Waals surface area contributed by atoms with Gasteiger partial charge in [0.2, 0.25) is 5.91 Å². The average molecular weight is 404 g/mol. The van der Waals surface area contributed by atoms with E-state index in [4.69, 9.17) is 9.47 Å². The Morgan fingerprint density at radius 2 is 1.60 bits per heavy atom. The predicted octanol–water partition coefficient (Wildman–Crippen LogP) is 4.16. The zero-order valence-electron chi connectivity index (χ0n) is 17.0. The molecule has 3 aromatic rings. The first-order valence-corrected chi connectivity index (χ1v) is 9.54. The molecule has 0 radical (unpaired) electrons. The van der Waals surface area contributed by atoms with Gasteiger partial charge >= 0.3 is 0 Å². The number of anilines is 1. The van der Waals surface area contributed by atoms with Gasteiger partial charge in [0.25, 0.3) is 5.91 Å². The van der Waals surface area contributed by atoms with E-state index in [1.165, 1.54) is 6.92 Å². The third-order valence-corrected chi connectivity index (χ3v) is 4.39. The molecule has 0 aliphatic heterocycles. The Labute approximate surface area is 175 Å². The number of nitrogens with one attached hydrogen (secondary N) is 2. The number of amides is 2. The van der Waals surface area contributed by atoms with Crippen molar-refractivity contribution in [1.82, 2.24) is 5.32 Å². The van der Waals surface area contributed by atoms with Crippen LogP contribution in [0.5, 0.6) is 11.5 Å². The van der Waals surface area contributed by atoms with Crippen LogP contribution in [0.3, 0.4) is 0 Å². The predicted molar refractivity (Wildman–Crippen MR) is 116 cm³/mol. The van der Waals surface area contributed by atoms with Crippen molar-refractivity contribution < 1.29 is 19.1 Å². The van der Waals surface area contributed by atoms with Crippen molar-refractivity contribution >= 4 is 17.5 Å². The standard InChI is InChI=1S/C24H24N2O4/c1-17(27)26-21-11-9-20(10-12-21)24(28)25-15-19-8-13-22(23(14-19)29-2)30-16-18-6-4-3-5-7-18/h3-14H,15-16H2,1-2H3,(H,25,28)(H,26,27). The minimum Gasteiger partial charge on any atom is -0.493 e. The molecule has 0 fully saturated rings. The first-order chi connectivity index (χ1) is 14.5. The monoisotopic (exact) mass is 404 g/mol. The second-order valence-electron chi connectivity index (χ2n) is 6.70. The van der Waals surface area contributed by atoms with Gasteiger partial charge in [-0.05, 0) is 47.5 Å². The molecule has 6 nitrogen and oxygen atoms in total. The van der Waals surface area contributed by atoms with Gasteiger partial charge < -0.3 is 20.1 Å². The third-order valence-electron chi connectivity index (χ3n) is 4.39. The van der Waals surface area contributed by atoms with Crippen LogP contribution in [0.1, 0.15) is 28.4 Å². The second kappa shape index (κ2) is 10.1. The summed E-state index contributed by atoms with van der Waals surface area (Å²) in [6.07, 6.45) is 0. The van der Waals surface area contributed by atoms with E-state index in [0.717, 1.165) is 11.1 Å². The number of hydrogen-bond donors (Lipinski definition) is 2. The highest BCUT2D eigenvalue weighted by Crippen LogP contribution is 2.29. The highest BCUT2D eigenvalue weighted by Gasteiger charge is 2.09. The maximum Gasteiger partial charge on any atom is 0.251 e. The quantitative estimate of drug-likeness (QED) is 0.591. The summed E-state index contributed by atoms with van der Waals surface area (Å²) in [5.41, 5.74) is 3.12. The molecule has 6 heteroatoms. The van der Waals surface area contributed by atoms with E-state index < -0.39 is 0 Å². The molecule has 0 bridgehead atoms. The van der Waals surface area contributed by atoms with E-state index >= 15 is 0 Å². The lowest BCUT2D eigenvalue weighted by atomic mass is 10.1. The third kappa shape index (κ3) is 5.85. The molecule has 0 aliphatic carbocycles. The fourth-order valence-electron chi connectivity index (χ4n) is 2.87. The molecule has 30 heavy (non-hydrogen) atoms. The highest BCUT2D eigenvalue weighted by molar-refractivity contribution is 5.95. The molecule has 0 unspecified atom stereocenters. The molecule has 0 saturated carbocycles. The number of ether oxygens (including phenoxy) is 2. The largest absolute Gasteiger partial charge is 0.493 e. The maximum atomic E-state index is 12.4. The molecule has 0 spiro atoms. The van der Waals surface area contributed by atoms with Crippen molar-refractivity contribution in [3.63, 3.8) is 0 Å². The number of carbonyl (C=O) groups is 2. The average Bonchev–Trinajstić information content (AvgIpc) is 2.77. The molecule has 0 aromatic heterocycles. The first-order valence-electron chi connectivity index (χ1n) is 9.54. The summed E-state index contributed by atoms with van der Waals surface area (Å²) in [5, 5.41) is 5.55. The van der Waals surface area contributed by atoms with Gasteiger partial charge in [-0.1, -0.05) is 36.4 Å². The van der Waals surface area contributed by atoms with Gasteiger partial charge in [0.15, 0.2) is 11.5 Å². The van der Waals surface area contributed by atoms with Crippen molar-refractivity contribution in [3.05, 3.63) is 89.5 Å². The van der Waals surface area contributed by atoms with E-state index in [-0.39, 0.29) is 11.8 Å². The number of rotatable bonds is 8. The number of benzene rings is 3. The minimum absolute atomic E-state index is 0.155. The van der Waals surface area contributed by atoms with Crippen LogP contribution in [0.2, 0.25) is 0 Å². The minimum atomic E-state index is -0.201. The molecule has 2 N–H and O–H groups in total. The lowest BCUT2D eigenvalue weighted by molar-refractivity contribution is -0.114. The van der Waals surface area contributed by atoms with Crippen LogP contribution in [0, 0.1) is 0 Å². The lowest BCUT2D eigenvalue weighted by Gasteiger charge is -2.13. The molecule has 3 rings (SSSR count). The van der Waals surface area contributed by atoms with Crippen molar-refractivity contribution in [2.24, 2.45) is 0 Å². The SMILES string of the molecule is COc1cc(CNC(=O)c2ccc(NC(C)=O)cc2)ccc1OCc1ccccc1. The highest BCUT2D eigenvalue weighted by atomic mass is 16.5. The lowest BCUT2D eigenvalue weighted by Crippen LogP contribution is -2.22. The number of methoxy groups -OCH3 is 1. The molecular weight excluding hydrogens is 380 g/mol. The Morgan fingerprint density at radius 1 is 0.867 bits per heavy atom. The summed E-state index contributed by atoms with van der Waals surface area (Å²) in [6, 6.07) is 22.2. The molecule has 0 saturated heterocycles. The first kappa shape index (κ1) is 20.9. The fourth-order valence-corrected chi connectivity index (χ4v) is 2.87. The Morgan fingerprint density at radius 3 is 2.27 bits per heavy atom. The Hall–Kier alpha value is -3.80. The van der Waals surface area contributed by atoms with Gasteiger partial charge in [0, 0.05) is 24.7 Å². The van der Waals surface area contributed by atoms with Crippen LogP contribution in [-0.4, -0.2) is 18.9 Å². The van der Waals surface area contributed by atoms with Gasteiger partial charge in [-0.25, -0.2) is 0 Å². The smallest absolute Gasteiger partial charge is 0.251 e. The molecular formula is C24H24N2O4. The fraction of sp³-hybridized carbons (Fsp3) is 0.167. The topological polar surface area (TPSA) is 76.7 Å². The van der Waals surface area contributed by atoms with Crippen LogP contribution >= 0.6 is 0 Å². The molecule has 154 valence electrons. The zero-order chi connectivity index (χ0) is 21.3. The van der Waals surface area contributed by atoms with Gasteiger partial charge in [-0.15, -0.1) is 0 Å². The van der Waals surface area contributed by atoms with Gasteiger partial charge in [-0.2, -0.15) is 0 Å². The Balaban J connectivity index is 1.58. The Bertz CT molecular complexity index is 1000. The van der Waals surface area contributed by atoms with Gasteiger partial charge in [0.1, 0.15) is 6.61 Å². The van der Waals surface area contributed by atoms with Crippen molar-refractivity contribution in [2.45, 2.75) is 20.1 Å². The van der Waals surface area contributed by atoms with Crippen LogP contribution in [0.25, 0.3) is 0 Å². The van der Waals surface area contributed by atoms with Crippen LogP contribution in [0.4, 0.5) is 5.69 Å². The van der Waals surface area contributed by atoms with Crippen LogP contribution in [0.15, 0.2) is 72.8 Å². The molecule has 0 atom stereocenters. The van der Waals surface area contributed by atoms with E-state index in [9.17, 15) is 9.59 Å². The van der Waals surface area contributed by atoms with Crippen LogP contribution < -0.4 is 20.1 Å². The van der Waals surface area contributed by atoms with Gasteiger partial charge in [-0.3, -0.25) is 9.59 Å². The molecule has 0 heterocycles. The van der Waals surface area contributed by atoms with Gasteiger partial charge in [0.05, 0.1) is 7.11 Å². The summed E-state index contributed by atoms with van der Waals surface area (Å²) < 4.78 is 11.3. The second-order valence-corrected chi connectivity index (χ2v) is 6.70. The van der Waals surface area contributed by atoms with Crippen molar-refractivity contribution in [1.29, 1.82) is 0 Å². The Kier molecular flexibility index (Phi) is 7.05. The van der Waals surface area contributed by atoms with Crippen LogP contribution in [-0.2, 0) is 17.9 Å². The zero-order valence-corrected chi connectivity index (χ0v) is 17.0. The normalized spacial score (nSPS) is 10.2. The number of carbonyl (C=O) groups excluding carboxylic acids is 2. The maximum absolute atomic E-state index is 12.4. The molecule has 3 aromatic carbocycles.